The lowest BCUT2D eigenvalue weighted by Gasteiger charge is -2.58. The first-order chi connectivity index (χ1) is 18.9. The van der Waals surface area contributed by atoms with E-state index in [2.05, 4.69) is 78.6 Å². The highest BCUT2D eigenvalue weighted by atomic mass is 16.6. The molecule has 1 amide bonds. The molecule has 4 aliphatic carbocycles. The number of nitrogens with zero attached hydrogens (tertiary/aromatic N) is 1. The molecule has 4 heteroatoms. The van der Waals surface area contributed by atoms with E-state index in [0.717, 1.165) is 54.9 Å². The number of carbonyl (C=O) groups is 1. The van der Waals surface area contributed by atoms with Crippen LogP contribution < -0.4 is 5.32 Å². The van der Waals surface area contributed by atoms with Crippen molar-refractivity contribution < 1.29 is 9.53 Å². The van der Waals surface area contributed by atoms with E-state index in [9.17, 15) is 4.79 Å². The van der Waals surface area contributed by atoms with Gasteiger partial charge in [0.25, 0.3) is 0 Å². The lowest BCUT2D eigenvalue weighted by Crippen LogP contribution is -2.51. The van der Waals surface area contributed by atoms with Crippen molar-refractivity contribution in [1.82, 2.24) is 10.2 Å². The zero-order valence-electron chi connectivity index (χ0n) is 27.7. The molecular weight excluding hydrogens is 492 g/mol. The minimum absolute atomic E-state index is 0.0265. The van der Waals surface area contributed by atoms with Gasteiger partial charge in [-0.05, 0) is 119 Å². The summed E-state index contributed by atoms with van der Waals surface area (Å²) in [5, 5.41) is 3.04. The molecule has 4 aliphatic rings. The van der Waals surface area contributed by atoms with Gasteiger partial charge >= 0.3 is 6.09 Å². The number of rotatable bonds is 11. The minimum atomic E-state index is -0.233. The molecule has 3 saturated carbocycles. The Balaban J connectivity index is 1.33. The average Bonchev–Trinajstić information content (AvgIpc) is 3.23. The number of alkyl carbamates (subject to hydrolysis) is 1. The highest BCUT2D eigenvalue weighted by molar-refractivity contribution is 5.67. The van der Waals surface area contributed by atoms with Gasteiger partial charge in [0.15, 0.2) is 0 Å². The Hall–Kier alpha value is -1.03. The minimum Gasteiger partial charge on any atom is -0.446 e. The second-order valence-electron chi connectivity index (χ2n) is 15.9. The molecule has 0 bridgehead atoms. The van der Waals surface area contributed by atoms with Crippen LogP contribution in [0.25, 0.3) is 0 Å². The standard InChI is InChI=1S/C36H64N2O2/c1-24(2)11-10-12-27(7)31-15-16-32-30-14-13-28-23-29(17-19-35(28,8)33(30)18-20-36(31,32)9)40-34(39)37-21-22-38(25(3)4)26(5)6/h13,24-27,29-33H,10-12,14-23H2,1-9H3,(H,37,39)/t27-,29?,30+,31-,32+,33+,35+,36?/m1/s1. The first kappa shape index (κ1) is 31.9. The van der Waals surface area contributed by atoms with Gasteiger partial charge in [0.05, 0.1) is 0 Å². The molecule has 1 N–H and O–H groups in total. The summed E-state index contributed by atoms with van der Waals surface area (Å²) >= 11 is 0. The summed E-state index contributed by atoms with van der Waals surface area (Å²) in [5.74, 6) is 5.18. The first-order valence-corrected chi connectivity index (χ1v) is 17.3. The van der Waals surface area contributed by atoms with Crippen molar-refractivity contribution in [2.75, 3.05) is 13.1 Å². The third-order valence-electron chi connectivity index (χ3n) is 12.5. The van der Waals surface area contributed by atoms with E-state index in [1.54, 1.807) is 5.57 Å². The van der Waals surface area contributed by atoms with Crippen LogP contribution in [0.1, 0.15) is 133 Å². The van der Waals surface area contributed by atoms with E-state index in [1.807, 2.05) is 0 Å². The SMILES string of the molecule is CC(C)CCC[C@@H](C)[C@H]1CC[C@H]2[C@@H]3CC=C4CC(OC(=O)NCCN(C(C)C)C(C)C)CC[C@]4(C)[C@H]3CCC12C. The molecular formula is C36H64N2O2. The van der Waals surface area contributed by atoms with Gasteiger partial charge in [-0.3, -0.25) is 4.90 Å². The van der Waals surface area contributed by atoms with Gasteiger partial charge in [-0.1, -0.05) is 65.5 Å². The average molecular weight is 557 g/mol. The van der Waals surface area contributed by atoms with Crippen LogP contribution >= 0.6 is 0 Å². The number of amides is 1. The number of fused-ring (bicyclic) bond motifs is 5. The topological polar surface area (TPSA) is 41.6 Å². The maximum Gasteiger partial charge on any atom is 0.407 e. The number of ether oxygens (including phenoxy) is 1. The van der Waals surface area contributed by atoms with Gasteiger partial charge in [-0.15, -0.1) is 0 Å². The zero-order valence-corrected chi connectivity index (χ0v) is 27.7. The summed E-state index contributed by atoms with van der Waals surface area (Å²) in [6.07, 6.45) is 16.7. The Morgan fingerprint density at radius 2 is 1.70 bits per heavy atom. The summed E-state index contributed by atoms with van der Waals surface area (Å²) < 4.78 is 5.99. The molecule has 0 aromatic carbocycles. The Morgan fingerprint density at radius 1 is 0.975 bits per heavy atom. The number of carbonyl (C=O) groups excluding carboxylic acids is 1. The smallest absolute Gasteiger partial charge is 0.407 e. The van der Waals surface area contributed by atoms with E-state index in [0.29, 0.717) is 29.5 Å². The summed E-state index contributed by atoms with van der Waals surface area (Å²) in [7, 11) is 0. The Morgan fingerprint density at radius 3 is 2.38 bits per heavy atom. The van der Waals surface area contributed by atoms with Crippen LogP contribution in [0.2, 0.25) is 0 Å². The van der Waals surface area contributed by atoms with E-state index in [-0.39, 0.29) is 12.2 Å². The molecule has 0 spiro atoms. The largest absolute Gasteiger partial charge is 0.446 e. The number of nitrogens with one attached hydrogen (secondary N) is 1. The molecule has 40 heavy (non-hydrogen) atoms. The Kier molecular flexibility index (Phi) is 10.4. The van der Waals surface area contributed by atoms with Crippen molar-refractivity contribution in [2.24, 2.45) is 46.3 Å². The van der Waals surface area contributed by atoms with E-state index < -0.39 is 0 Å². The van der Waals surface area contributed by atoms with Crippen LogP contribution in [0.3, 0.4) is 0 Å². The Labute approximate surface area is 247 Å². The van der Waals surface area contributed by atoms with Crippen LogP contribution in [0, 0.1) is 46.3 Å². The molecule has 0 heterocycles. The van der Waals surface area contributed by atoms with Gasteiger partial charge < -0.3 is 10.1 Å². The highest BCUT2D eigenvalue weighted by Gasteiger charge is 2.59. The van der Waals surface area contributed by atoms with Gasteiger partial charge in [-0.25, -0.2) is 4.79 Å². The van der Waals surface area contributed by atoms with E-state index >= 15 is 0 Å². The lowest BCUT2D eigenvalue weighted by molar-refractivity contribution is -0.0581. The van der Waals surface area contributed by atoms with Crippen LogP contribution in [0.5, 0.6) is 0 Å². The van der Waals surface area contributed by atoms with Crippen molar-refractivity contribution in [3.63, 3.8) is 0 Å². The first-order valence-electron chi connectivity index (χ1n) is 17.3. The van der Waals surface area contributed by atoms with Crippen LogP contribution in [0.4, 0.5) is 4.79 Å². The van der Waals surface area contributed by atoms with Gasteiger partial charge in [0, 0.05) is 31.6 Å². The fourth-order valence-electron chi connectivity index (χ4n) is 10.3. The third-order valence-corrected chi connectivity index (χ3v) is 12.5. The Bertz CT molecular complexity index is 872. The molecule has 2 unspecified atom stereocenters. The zero-order chi connectivity index (χ0) is 29.2. The molecule has 3 fully saturated rings. The molecule has 0 radical (unpaired) electrons. The molecule has 8 atom stereocenters. The van der Waals surface area contributed by atoms with E-state index in [4.69, 9.17) is 4.74 Å². The molecule has 4 rings (SSSR count). The van der Waals surface area contributed by atoms with Crippen LogP contribution in [-0.2, 0) is 4.74 Å². The quantitative estimate of drug-likeness (QED) is 0.258. The summed E-state index contributed by atoms with van der Waals surface area (Å²) in [4.78, 5) is 15.1. The summed E-state index contributed by atoms with van der Waals surface area (Å²) in [6, 6.07) is 0.948. The predicted octanol–water partition coefficient (Wildman–Crippen LogP) is 9.24. The molecule has 0 aromatic heterocycles. The third kappa shape index (κ3) is 6.63. The van der Waals surface area contributed by atoms with Crippen LogP contribution in [-0.4, -0.2) is 42.3 Å². The maximum atomic E-state index is 12.7. The molecule has 4 nitrogen and oxygen atoms in total. The maximum absolute atomic E-state index is 12.7. The molecule has 230 valence electrons. The van der Waals surface area contributed by atoms with E-state index in [1.165, 1.54) is 57.8 Å². The van der Waals surface area contributed by atoms with Crippen molar-refractivity contribution >= 4 is 6.09 Å². The lowest BCUT2D eigenvalue weighted by atomic mass is 9.47. The number of allylic oxidation sites excluding steroid dienone is 1. The number of hydrogen-bond donors (Lipinski definition) is 1. The second kappa shape index (κ2) is 13.1. The molecule has 0 saturated heterocycles. The highest BCUT2D eigenvalue weighted by Crippen LogP contribution is 2.67. The number of hydrogen-bond acceptors (Lipinski definition) is 3. The fourth-order valence-corrected chi connectivity index (χ4v) is 10.3. The predicted molar refractivity (Wildman–Crippen MR) is 168 cm³/mol. The monoisotopic (exact) mass is 556 g/mol. The molecule has 0 aliphatic heterocycles. The van der Waals surface area contributed by atoms with Gasteiger partial charge in [-0.2, -0.15) is 0 Å². The summed E-state index contributed by atoms with van der Waals surface area (Å²) in [6.45, 7) is 22.9. The fraction of sp³-hybridized carbons (Fsp3) is 0.917. The van der Waals surface area contributed by atoms with Crippen molar-refractivity contribution in [3.8, 4) is 0 Å². The van der Waals surface area contributed by atoms with Gasteiger partial charge in [0.2, 0.25) is 0 Å². The van der Waals surface area contributed by atoms with Crippen molar-refractivity contribution in [1.29, 1.82) is 0 Å². The van der Waals surface area contributed by atoms with Gasteiger partial charge in [0.1, 0.15) is 6.10 Å². The van der Waals surface area contributed by atoms with Crippen molar-refractivity contribution in [2.45, 2.75) is 151 Å². The van der Waals surface area contributed by atoms with Crippen LogP contribution in [0.15, 0.2) is 11.6 Å². The normalized spacial score (nSPS) is 36.3. The summed E-state index contributed by atoms with van der Waals surface area (Å²) in [5.41, 5.74) is 2.44. The molecule has 0 aromatic rings. The second-order valence-corrected chi connectivity index (χ2v) is 15.9. The van der Waals surface area contributed by atoms with Crippen molar-refractivity contribution in [3.05, 3.63) is 11.6 Å².